The average Bonchev–Trinajstić information content (AvgIpc) is 3.26. The molecule has 22 heavy (non-hydrogen) atoms. The van der Waals surface area contributed by atoms with Crippen molar-refractivity contribution in [1.29, 1.82) is 0 Å². The molecule has 3 aromatic heterocycles. The SMILES string of the molecule is CCCc1nc(-c2noc(C3CCc4[nH]ncc4C3)n2)co1. The number of hydrogen-bond donors (Lipinski definition) is 1. The molecular formula is C15H17N5O2. The van der Waals surface area contributed by atoms with E-state index >= 15 is 0 Å². The van der Waals surface area contributed by atoms with Crippen LogP contribution in [0, 0.1) is 0 Å². The number of hydrogen-bond acceptors (Lipinski definition) is 6. The number of nitrogens with zero attached hydrogens (tertiary/aromatic N) is 4. The van der Waals surface area contributed by atoms with Gasteiger partial charge in [-0.3, -0.25) is 5.10 Å². The van der Waals surface area contributed by atoms with Gasteiger partial charge in [0, 0.05) is 18.0 Å². The lowest BCUT2D eigenvalue weighted by Crippen LogP contribution is -2.12. The van der Waals surface area contributed by atoms with Crippen molar-refractivity contribution >= 4 is 0 Å². The van der Waals surface area contributed by atoms with Crippen LogP contribution >= 0.6 is 0 Å². The topological polar surface area (TPSA) is 93.6 Å². The van der Waals surface area contributed by atoms with Gasteiger partial charge >= 0.3 is 0 Å². The maximum Gasteiger partial charge on any atom is 0.230 e. The number of rotatable bonds is 4. The van der Waals surface area contributed by atoms with Crippen LogP contribution in [-0.4, -0.2) is 25.3 Å². The number of aryl methyl sites for hydroxylation is 2. The fourth-order valence-corrected chi connectivity index (χ4v) is 2.87. The van der Waals surface area contributed by atoms with Crippen molar-refractivity contribution < 1.29 is 8.94 Å². The molecule has 1 aliphatic rings. The Morgan fingerprint density at radius 1 is 1.36 bits per heavy atom. The van der Waals surface area contributed by atoms with Gasteiger partial charge in [0.15, 0.2) is 5.89 Å². The van der Waals surface area contributed by atoms with Crippen molar-refractivity contribution in [3.63, 3.8) is 0 Å². The van der Waals surface area contributed by atoms with Crippen LogP contribution in [0.15, 0.2) is 21.4 Å². The van der Waals surface area contributed by atoms with Crippen LogP contribution < -0.4 is 0 Å². The van der Waals surface area contributed by atoms with E-state index in [0.29, 0.717) is 23.3 Å². The first-order valence-corrected chi connectivity index (χ1v) is 7.63. The Labute approximate surface area is 127 Å². The second-order valence-electron chi connectivity index (χ2n) is 5.65. The molecule has 0 saturated carbocycles. The highest BCUT2D eigenvalue weighted by atomic mass is 16.5. The predicted octanol–water partition coefficient (Wildman–Crippen LogP) is 2.67. The molecule has 3 heterocycles. The van der Waals surface area contributed by atoms with Crippen LogP contribution in [0.25, 0.3) is 11.5 Å². The first-order valence-electron chi connectivity index (χ1n) is 7.63. The highest BCUT2D eigenvalue weighted by Crippen LogP contribution is 2.31. The van der Waals surface area contributed by atoms with Crippen molar-refractivity contribution in [2.24, 2.45) is 0 Å². The standard InChI is InChI=1S/C15H17N5O2/c1-2-3-13-17-12(8-21-13)14-18-15(22-20-14)9-4-5-11-10(6-9)7-16-19-11/h7-9H,2-6H2,1H3,(H,16,19). The summed E-state index contributed by atoms with van der Waals surface area (Å²) in [5.74, 6) is 2.12. The Balaban J connectivity index is 1.54. The molecule has 114 valence electrons. The number of oxazole rings is 1. The highest BCUT2D eigenvalue weighted by Gasteiger charge is 2.26. The molecule has 7 nitrogen and oxygen atoms in total. The summed E-state index contributed by atoms with van der Waals surface area (Å²) in [4.78, 5) is 8.89. The van der Waals surface area contributed by atoms with Gasteiger partial charge in [0.1, 0.15) is 12.0 Å². The summed E-state index contributed by atoms with van der Waals surface area (Å²) in [6.07, 6.45) is 8.11. The van der Waals surface area contributed by atoms with Gasteiger partial charge in [0.2, 0.25) is 11.7 Å². The van der Waals surface area contributed by atoms with E-state index in [0.717, 1.165) is 32.1 Å². The largest absolute Gasteiger partial charge is 0.448 e. The van der Waals surface area contributed by atoms with Crippen molar-refractivity contribution in [3.05, 3.63) is 35.5 Å². The second-order valence-corrected chi connectivity index (χ2v) is 5.65. The molecular weight excluding hydrogens is 282 g/mol. The average molecular weight is 299 g/mol. The van der Waals surface area contributed by atoms with E-state index in [4.69, 9.17) is 8.94 Å². The molecule has 0 saturated heterocycles. The summed E-state index contributed by atoms with van der Waals surface area (Å²) < 4.78 is 10.9. The molecule has 4 rings (SSSR count). The van der Waals surface area contributed by atoms with Crippen LogP contribution in [0.3, 0.4) is 0 Å². The molecule has 0 fully saturated rings. The van der Waals surface area contributed by atoms with Crippen molar-refractivity contribution in [2.75, 3.05) is 0 Å². The van der Waals surface area contributed by atoms with E-state index < -0.39 is 0 Å². The lowest BCUT2D eigenvalue weighted by atomic mass is 9.88. The molecule has 1 aliphatic carbocycles. The minimum atomic E-state index is 0.244. The summed E-state index contributed by atoms with van der Waals surface area (Å²) in [7, 11) is 0. The third kappa shape index (κ3) is 2.32. The number of aromatic amines is 1. The molecule has 0 amide bonds. The first-order chi connectivity index (χ1) is 10.8. The summed E-state index contributed by atoms with van der Waals surface area (Å²) in [6, 6.07) is 0. The molecule has 7 heteroatoms. The zero-order valence-electron chi connectivity index (χ0n) is 12.4. The summed E-state index contributed by atoms with van der Waals surface area (Å²) in [6.45, 7) is 2.09. The van der Waals surface area contributed by atoms with Gasteiger partial charge in [-0.25, -0.2) is 4.98 Å². The fraction of sp³-hybridized carbons (Fsp3) is 0.467. The van der Waals surface area contributed by atoms with Crippen LogP contribution in [-0.2, 0) is 19.3 Å². The van der Waals surface area contributed by atoms with Gasteiger partial charge in [0.05, 0.1) is 6.20 Å². The lowest BCUT2D eigenvalue weighted by Gasteiger charge is -2.17. The number of fused-ring (bicyclic) bond motifs is 1. The second kappa shape index (κ2) is 5.40. The molecule has 1 N–H and O–H groups in total. The van der Waals surface area contributed by atoms with E-state index in [1.165, 1.54) is 11.3 Å². The normalized spacial score (nSPS) is 17.6. The molecule has 1 unspecified atom stereocenters. The van der Waals surface area contributed by atoms with Crippen LogP contribution in [0.5, 0.6) is 0 Å². The Kier molecular flexibility index (Phi) is 3.25. The maximum atomic E-state index is 5.45. The third-order valence-corrected chi connectivity index (χ3v) is 4.05. The quantitative estimate of drug-likeness (QED) is 0.796. The van der Waals surface area contributed by atoms with Gasteiger partial charge in [-0.2, -0.15) is 10.1 Å². The Hall–Kier alpha value is -2.44. The number of H-pyrrole nitrogens is 1. The summed E-state index contributed by atoms with van der Waals surface area (Å²) in [5, 5.41) is 11.2. The van der Waals surface area contributed by atoms with E-state index in [9.17, 15) is 0 Å². The smallest absolute Gasteiger partial charge is 0.230 e. The van der Waals surface area contributed by atoms with Gasteiger partial charge in [-0.15, -0.1) is 0 Å². The van der Waals surface area contributed by atoms with Crippen LogP contribution in [0.1, 0.15) is 48.7 Å². The fourth-order valence-electron chi connectivity index (χ4n) is 2.87. The maximum absolute atomic E-state index is 5.45. The molecule has 1 atom stereocenters. The van der Waals surface area contributed by atoms with Gasteiger partial charge in [0.25, 0.3) is 0 Å². The molecule has 0 aliphatic heterocycles. The zero-order chi connectivity index (χ0) is 14.9. The van der Waals surface area contributed by atoms with Crippen LogP contribution in [0.2, 0.25) is 0 Å². The third-order valence-electron chi connectivity index (χ3n) is 4.05. The molecule has 0 radical (unpaired) electrons. The zero-order valence-corrected chi connectivity index (χ0v) is 12.4. The lowest BCUT2D eigenvalue weighted by molar-refractivity contribution is 0.340. The minimum absolute atomic E-state index is 0.244. The van der Waals surface area contributed by atoms with Crippen molar-refractivity contribution in [1.82, 2.24) is 25.3 Å². The molecule has 0 bridgehead atoms. The van der Waals surface area contributed by atoms with Crippen molar-refractivity contribution in [2.45, 2.75) is 44.9 Å². The predicted molar refractivity (Wildman–Crippen MR) is 77.1 cm³/mol. The number of aromatic nitrogens is 5. The van der Waals surface area contributed by atoms with Gasteiger partial charge < -0.3 is 8.94 Å². The molecule has 0 spiro atoms. The molecule has 0 aromatic carbocycles. The van der Waals surface area contributed by atoms with Crippen LogP contribution in [0.4, 0.5) is 0 Å². The Bertz CT molecular complexity index is 772. The summed E-state index contributed by atoms with van der Waals surface area (Å²) in [5.41, 5.74) is 3.10. The number of nitrogens with one attached hydrogen (secondary N) is 1. The van der Waals surface area contributed by atoms with Gasteiger partial charge in [-0.1, -0.05) is 12.1 Å². The van der Waals surface area contributed by atoms with Gasteiger partial charge in [-0.05, 0) is 31.2 Å². The Morgan fingerprint density at radius 3 is 3.23 bits per heavy atom. The van der Waals surface area contributed by atoms with E-state index in [1.807, 2.05) is 6.20 Å². The molecule has 3 aromatic rings. The van der Waals surface area contributed by atoms with E-state index in [1.54, 1.807) is 6.26 Å². The van der Waals surface area contributed by atoms with Crippen molar-refractivity contribution in [3.8, 4) is 11.5 Å². The first kappa shape index (κ1) is 13.2. The summed E-state index contributed by atoms with van der Waals surface area (Å²) >= 11 is 0. The van der Waals surface area contributed by atoms with E-state index in [2.05, 4.69) is 32.2 Å². The minimum Gasteiger partial charge on any atom is -0.448 e. The monoisotopic (exact) mass is 299 g/mol. The highest BCUT2D eigenvalue weighted by molar-refractivity contribution is 5.46. The Morgan fingerprint density at radius 2 is 2.32 bits per heavy atom. The van der Waals surface area contributed by atoms with E-state index in [-0.39, 0.29) is 5.92 Å².